The van der Waals surface area contributed by atoms with Gasteiger partial charge in [0.1, 0.15) is 5.75 Å². The van der Waals surface area contributed by atoms with Crippen LogP contribution in [0.2, 0.25) is 0 Å². The van der Waals surface area contributed by atoms with E-state index < -0.39 is 0 Å². The van der Waals surface area contributed by atoms with Gasteiger partial charge in [-0.3, -0.25) is 4.79 Å². The molecule has 0 bridgehead atoms. The van der Waals surface area contributed by atoms with Gasteiger partial charge in [0, 0.05) is 6.54 Å². The van der Waals surface area contributed by atoms with Crippen molar-refractivity contribution < 1.29 is 9.53 Å². The molecule has 0 N–H and O–H groups in total. The standard InChI is InChI=1S/C19H31NO2.ClH/c1-7-20(8-2)13-12-18(21)22-19-16(14(3)4)10-9-11-17(19)15(5)6;/h9-11,14-15H,7-8,12-13H2,1-6H3;1H. The highest BCUT2D eigenvalue weighted by Gasteiger charge is 2.18. The van der Waals surface area contributed by atoms with Crippen LogP contribution in [-0.2, 0) is 4.79 Å². The van der Waals surface area contributed by atoms with Gasteiger partial charge in [-0.25, -0.2) is 0 Å². The van der Waals surface area contributed by atoms with E-state index in [1.807, 2.05) is 0 Å². The molecule has 4 heteroatoms. The van der Waals surface area contributed by atoms with Crippen LogP contribution in [0.15, 0.2) is 18.2 Å². The average molecular weight is 342 g/mol. The molecule has 0 aliphatic heterocycles. The molecule has 0 unspecified atom stereocenters. The van der Waals surface area contributed by atoms with Crippen LogP contribution in [-0.4, -0.2) is 30.5 Å². The summed E-state index contributed by atoms with van der Waals surface area (Å²) < 4.78 is 5.77. The Labute approximate surface area is 147 Å². The molecule has 0 aromatic heterocycles. The van der Waals surface area contributed by atoms with Crippen molar-refractivity contribution in [3.63, 3.8) is 0 Å². The lowest BCUT2D eigenvalue weighted by Gasteiger charge is -2.20. The van der Waals surface area contributed by atoms with Crippen molar-refractivity contribution in [2.24, 2.45) is 0 Å². The van der Waals surface area contributed by atoms with Crippen molar-refractivity contribution >= 4 is 18.4 Å². The minimum absolute atomic E-state index is 0. The van der Waals surface area contributed by atoms with Gasteiger partial charge in [0.25, 0.3) is 0 Å². The molecule has 0 spiro atoms. The van der Waals surface area contributed by atoms with E-state index in [0.29, 0.717) is 18.3 Å². The molecule has 0 amide bonds. The van der Waals surface area contributed by atoms with Crippen LogP contribution in [0.4, 0.5) is 0 Å². The third-order valence-electron chi connectivity index (χ3n) is 4.06. The Balaban J connectivity index is 0.00000484. The highest BCUT2D eigenvalue weighted by Crippen LogP contribution is 2.34. The van der Waals surface area contributed by atoms with E-state index >= 15 is 0 Å². The third kappa shape index (κ3) is 6.52. The van der Waals surface area contributed by atoms with Crippen molar-refractivity contribution in [1.82, 2.24) is 4.90 Å². The maximum Gasteiger partial charge on any atom is 0.312 e. The van der Waals surface area contributed by atoms with Crippen LogP contribution in [0.25, 0.3) is 0 Å². The van der Waals surface area contributed by atoms with Crippen molar-refractivity contribution in [2.45, 2.75) is 59.8 Å². The normalized spacial score (nSPS) is 11.0. The second-order valence-corrected chi connectivity index (χ2v) is 6.33. The first-order valence-electron chi connectivity index (χ1n) is 8.46. The molecule has 1 aromatic rings. The minimum atomic E-state index is -0.137. The number of halogens is 1. The molecule has 132 valence electrons. The highest BCUT2D eigenvalue weighted by atomic mass is 35.5. The summed E-state index contributed by atoms with van der Waals surface area (Å²) in [4.78, 5) is 14.5. The summed E-state index contributed by atoms with van der Waals surface area (Å²) >= 11 is 0. The molecule has 0 saturated heterocycles. The highest BCUT2D eigenvalue weighted by molar-refractivity contribution is 5.85. The Morgan fingerprint density at radius 2 is 1.52 bits per heavy atom. The zero-order valence-corrected chi connectivity index (χ0v) is 16.2. The van der Waals surface area contributed by atoms with E-state index in [1.54, 1.807) is 0 Å². The Hall–Kier alpha value is -1.06. The van der Waals surface area contributed by atoms with Gasteiger partial charge in [-0.2, -0.15) is 0 Å². The van der Waals surface area contributed by atoms with Crippen molar-refractivity contribution in [2.75, 3.05) is 19.6 Å². The fourth-order valence-electron chi connectivity index (χ4n) is 2.55. The van der Waals surface area contributed by atoms with Gasteiger partial charge >= 0.3 is 5.97 Å². The van der Waals surface area contributed by atoms with Crippen LogP contribution >= 0.6 is 12.4 Å². The maximum absolute atomic E-state index is 12.2. The monoisotopic (exact) mass is 341 g/mol. The van der Waals surface area contributed by atoms with Crippen LogP contribution in [0.1, 0.15) is 70.9 Å². The molecule has 3 nitrogen and oxygen atoms in total. The topological polar surface area (TPSA) is 29.5 Å². The van der Waals surface area contributed by atoms with Crippen LogP contribution in [0.5, 0.6) is 5.75 Å². The van der Waals surface area contributed by atoms with Crippen LogP contribution in [0.3, 0.4) is 0 Å². The summed E-state index contributed by atoms with van der Waals surface area (Å²) in [5, 5.41) is 0. The first-order valence-corrected chi connectivity index (χ1v) is 8.46. The molecule has 1 aromatic carbocycles. The Morgan fingerprint density at radius 3 is 1.91 bits per heavy atom. The van der Waals surface area contributed by atoms with Gasteiger partial charge < -0.3 is 9.64 Å². The lowest BCUT2D eigenvalue weighted by molar-refractivity contribution is -0.134. The predicted molar refractivity (Wildman–Crippen MR) is 99.9 cm³/mol. The van der Waals surface area contributed by atoms with Gasteiger partial charge in [0.2, 0.25) is 0 Å². The van der Waals surface area contributed by atoms with Crippen LogP contribution in [0, 0.1) is 0 Å². The number of hydrogen-bond donors (Lipinski definition) is 0. The largest absolute Gasteiger partial charge is 0.426 e. The number of ether oxygens (including phenoxy) is 1. The van der Waals surface area contributed by atoms with Gasteiger partial charge in [0.15, 0.2) is 0 Å². The van der Waals surface area contributed by atoms with E-state index in [4.69, 9.17) is 4.74 Å². The molecule has 0 fully saturated rings. The number of nitrogens with zero attached hydrogens (tertiary/aromatic N) is 1. The van der Waals surface area contributed by atoms with Gasteiger partial charge in [-0.15, -0.1) is 12.4 Å². The molecule has 0 aliphatic carbocycles. The summed E-state index contributed by atoms with van der Waals surface area (Å²) in [6, 6.07) is 6.17. The predicted octanol–water partition coefficient (Wildman–Crippen LogP) is 4.99. The molecular weight excluding hydrogens is 310 g/mol. The summed E-state index contributed by atoms with van der Waals surface area (Å²) in [6.07, 6.45) is 0.436. The van der Waals surface area contributed by atoms with E-state index in [2.05, 4.69) is 64.6 Å². The van der Waals surface area contributed by atoms with Crippen molar-refractivity contribution in [1.29, 1.82) is 0 Å². The number of hydrogen-bond acceptors (Lipinski definition) is 3. The summed E-state index contributed by atoms with van der Waals surface area (Å²) in [5.74, 6) is 1.31. The number of carbonyl (C=O) groups is 1. The fraction of sp³-hybridized carbons (Fsp3) is 0.632. The van der Waals surface area contributed by atoms with E-state index in [0.717, 1.165) is 36.5 Å². The van der Waals surface area contributed by atoms with E-state index in [-0.39, 0.29) is 18.4 Å². The quantitative estimate of drug-likeness (QED) is 0.492. The molecule has 0 aliphatic rings. The number of benzene rings is 1. The fourth-order valence-corrected chi connectivity index (χ4v) is 2.55. The maximum atomic E-state index is 12.2. The van der Waals surface area contributed by atoms with Crippen molar-refractivity contribution in [3.8, 4) is 5.75 Å². The van der Waals surface area contributed by atoms with Gasteiger partial charge in [-0.1, -0.05) is 59.7 Å². The molecular formula is C19H32ClNO2. The number of esters is 1. The lowest BCUT2D eigenvalue weighted by Crippen LogP contribution is -2.27. The minimum Gasteiger partial charge on any atom is -0.426 e. The lowest BCUT2D eigenvalue weighted by atomic mass is 9.94. The molecule has 23 heavy (non-hydrogen) atoms. The number of carbonyl (C=O) groups excluding carboxylic acids is 1. The second kappa shape index (κ2) is 10.7. The third-order valence-corrected chi connectivity index (χ3v) is 4.06. The zero-order valence-electron chi connectivity index (χ0n) is 15.4. The van der Waals surface area contributed by atoms with Crippen LogP contribution < -0.4 is 4.74 Å². The van der Waals surface area contributed by atoms with Crippen molar-refractivity contribution in [3.05, 3.63) is 29.3 Å². The molecule has 0 heterocycles. The Bertz CT molecular complexity index is 456. The summed E-state index contributed by atoms with van der Waals surface area (Å²) in [5.41, 5.74) is 2.23. The molecule has 0 radical (unpaired) electrons. The Morgan fingerprint density at radius 1 is 1.04 bits per heavy atom. The average Bonchev–Trinajstić information content (AvgIpc) is 2.47. The molecule has 1 rings (SSSR count). The van der Waals surface area contributed by atoms with E-state index in [9.17, 15) is 4.79 Å². The first-order chi connectivity index (χ1) is 10.4. The van der Waals surface area contributed by atoms with Gasteiger partial charge in [0.05, 0.1) is 6.42 Å². The number of rotatable bonds is 8. The summed E-state index contributed by atoms with van der Waals surface area (Å²) in [7, 11) is 0. The summed E-state index contributed by atoms with van der Waals surface area (Å²) in [6.45, 7) is 15.4. The molecule has 0 atom stereocenters. The zero-order chi connectivity index (χ0) is 16.7. The van der Waals surface area contributed by atoms with Gasteiger partial charge in [-0.05, 0) is 36.1 Å². The first kappa shape index (κ1) is 21.9. The second-order valence-electron chi connectivity index (χ2n) is 6.33. The Kier molecular flexibility index (Phi) is 10.2. The molecule has 0 saturated carbocycles. The smallest absolute Gasteiger partial charge is 0.312 e. The SMILES string of the molecule is CCN(CC)CCC(=O)Oc1c(C(C)C)cccc1C(C)C.Cl. The number of para-hydroxylation sites is 1. The van der Waals surface area contributed by atoms with E-state index in [1.165, 1.54) is 0 Å².